The molecular formula is C11H14BrNO. The molecule has 2 N–H and O–H groups in total. The highest BCUT2D eigenvalue weighted by Gasteiger charge is 2.12. The summed E-state index contributed by atoms with van der Waals surface area (Å²) in [6.07, 6.45) is 0.656. The quantitative estimate of drug-likeness (QED) is 0.827. The van der Waals surface area contributed by atoms with Gasteiger partial charge in [0, 0.05) is 0 Å². The molecule has 1 aromatic rings. The van der Waals surface area contributed by atoms with Crippen LogP contribution >= 0.6 is 15.9 Å². The number of benzene rings is 1. The summed E-state index contributed by atoms with van der Waals surface area (Å²) in [4.78, 5) is 10.6. The van der Waals surface area contributed by atoms with E-state index in [2.05, 4.69) is 34.1 Å². The fourth-order valence-electron chi connectivity index (χ4n) is 1.31. The van der Waals surface area contributed by atoms with Gasteiger partial charge < -0.3 is 5.73 Å². The predicted molar refractivity (Wildman–Crippen MR) is 61.5 cm³/mol. The third-order valence-corrected chi connectivity index (χ3v) is 2.99. The maximum Gasteiger partial charge on any atom is 0.231 e. The first-order valence-electron chi connectivity index (χ1n) is 4.50. The Kier molecular flexibility index (Phi) is 3.69. The van der Waals surface area contributed by atoms with Crippen LogP contribution < -0.4 is 5.73 Å². The lowest BCUT2D eigenvalue weighted by molar-refractivity contribution is -0.117. The first-order chi connectivity index (χ1) is 6.50. The number of carbonyl (C=O) groups excluding carboxylic acids is 1. The summed E-state index contributed by atoms with van der Waals surface area (Å²) in [5, 5.41) is 0. The summed E-state index contributed by atoms with van der Waals surface area (Å²) in [6, 6.07) is 6.21. The summed E-state index contributed by atoms with van der Waals surface area (Å²) in [6.45, 7) is 4.08. The number of hydrogen-bond acceptors (Lipinski definition) is 1. The number of nitrogens with two attached hydrogens (primary N) is 1. The average Bonchev–Trinajstić information content (AvgIpc) is 2.11. The number of hydrogen-bond donors (Lipinski definition) is 1. The van der Waals surface area contributed by atoms with Crippen molar-refractivity contribution in [3.8, 4) is 0 Å². The number of carbonyl (C=O) groups is 1. The van der Waals surface area contributed by atoms with Gasteiger partial charge in [-0.2, -0.15) is 0 Å². The second-order valence-corrected chi connectivity index (χ2v) is 4.61. The van der Waals surface area contributed by atoms with Crippen molar-refractivity contribution in [2.24, 2.45) is 5.73 Å². The van der Waals surface area contributed by atoms with Crippen LogP contribution in [0.3, 0.4) is 0 Å². The van der Waals surface area contributed by atoms with E-state index in [0.717, 1.165) is 0 Å². The van der Waals surface area contributed by atoms with E-state index >= 15 is 0 Å². The van der Waals surface area contributed by atoms with E-state index in [1.54, 1.807) is 0 Å². The molecule has 0 aromatic heterocycles. The lowest BCUT2D eigenvalue weighted by atomic mass is 10.0. The third kappa shape index (κ3) is 2.84. The SMILES string of the molecule is Cc1ccc(C)c(CC(Br)C(N)=O)c1. The highest BCUT2D eigenvalue weighted by molar-refractivity contribution is 9.10. The monoisotopic (exact) mass is 255 g/mol. The van der Waals surface area contributed by atoms with Gasteiger partial charge in [-0.25, -0.2) is 0 Å². The van der Waals surface area contributed by atoms with Crippen molar-refractivity contribution in [1.29, 1.82) is 0 Å². The standard InChI is InChI=1S/C11H14BrNO/c1-7-3-4-8(2)9(5-7)6-10(12)11(13)14/h3-5,10H,6H2,1-2H3,(H2,13,14). The van der Waals surface area contributed by atoms with Gasteiger partial charge in [0.1, 0.15) is 0 Å². The molecule has 0 spiro atoms. The van der Waals surface area contributed by atoms with E-state index in [1.165, 1.54) is 16.7 Å². The van der Waals surface area contributed by atoms with Crippen LogP contribution in [0.2, 0.25) is 0 Å². The van der Waals surface area contributed by atoms with E-state index in [1.807, 2.05) is 13.8 Å². The molecule has 0 aliphatic rings. The number of primary amides is 1. The van der Waals surface area contributed by atoms with Crippen molar-refractivity contribution in [1.82, 2.24) is 0 Å². The van der Waals surface area contributed by atoms with E-state index in [0.29, 0.717) is 6.42 Å². The Bertz CT molecular complexity index is 349. The Balaban J connectivity index is 2.85. The Hall–Kier alpha value is -0.830. The maximum atomic E-state index is 10.9. The van der Waals surface area contributed by atoms with Gasteiger partial charge in [-0.3, -0.25) is 4.79 Å². The summed E-state index contributed by atoms with van der Waals surface area (Å²) in [5.41, 5.74) is 8.76. The van der Waals surface area contributed by atoms with Crippen LogP contribution in [-0.2, 0) is 11.2 Å². The van der Waals surface area contributed by atoms with Gasteiger partial charge in [0.05, 0.1) is 4.83 Å². The number of aryl methyl sites for hydroxylation is 2. The van der Waals surface area contributed by atoms with Gasteiger partial charge in [-0.15, -0.1) is 0 Å². The minimum absolute atomic E-state index is 0.275. The molecule has 0 saturated carbocycles. The second kappa shape index (κ2) is 4.60. The van der Waals surface area contributed by atoms with Gasteiger partial charge in [-0.05, 0) is 31.4 Å². The maximum absolute atomic E-state index is 10.9. The highest BCUT2D eigenvalue weighted by atomic mass is 79.9. The van der Waals surface area contributed by atoms with Crippen LogP contribution in [0.15, 0.2) is 18.2 Å². The van der Waals surface area contributed by atoms with E-state index in [9.17, 15) is 4.79 Å². The molecule has 1 aromatic carbocycles. The molecule has 76 valence electrons. The van der Waals surface area contributed by atoms with Crippen LogP contribution in [0.4, 0.5) is 0 Å². The molecular weight excluding hydrogens is 242 g/mol. The van der Waals surface area contributed by atoms with Gasteiger partial charge in [0.25, 0.3) is 0 Å². The lowest BCUT2D eigenvalue weighted by Gasteiger charge is -2.09. The Morgan fingerprint density at radius 3 is 2.71 bits per heavy atom. The second-order valence-electron chi connectivity index (χ2n) is 3.50. The van der Waals surface area contributed by atoms with Crippen LogP contribution in [-0.4, -0.2) is 10.7 Å². The van der Waals surface area contributed by atoms with Gasteiger partial charge in [-0.1, -0.05) is 39.7 Å². The Morgan fingerprint density at radius 2 is 2.14 bits per heavy atom. The molecule has 0 saturated heterocycles. The highest BCUT2D eigenvalue weighted by Crippen LogP contribution is 2.15. The number of alkyl halides is 1. The third-order valence-electron chi connectivity index (χ3n) is 2.21. The molecule has 3 heteroatoms. The first-order valence-corrected chi connectivity index (χ1v) is 5.42. The zero-order valence-corrected chi connectivity index (χ0v) is 9.97. The fraction of sp³-hybridized carbons (Fsp3) is 0.364. The first kappa shape index (κ1) is 11.2. The van der Waals surface area contributed by atoms with Crippen molar-refractivity contribution in [3.05, 3.63) is 34.9 Å². The topological polar surface area (TPSA) is 43.1 Å². The molecule has 0 heterocycles. The number of amides is 1. The largest absolute Gasteiger partial charge is 0.369 e. The molecule has 0 bridgehead atoms. The van der Waals surface area contributed by atoms with Crippen molar-refractivity contribution in [2.45, 2.75) is 25.1 Å². The minimum atomic E-state index is -0.314. The normalized spacial score (nSPS) is 12.5. The zero-order valence-electron chi connectivity index (χ0n) is 8.38. The lowest BCUT2D eigenvalue weighted by Crippen LogP contribution is -2.25. The molecule has 0 aliphatic heterocycles. The molecule has 1 unspecified atom stereocenters. The van der Waals surface area contributed by atoms with Crippen LogP contribution in [0.25, 0.3) is 0 Å². The van der Waals surface area contributed by atoms with Gasteiger partial charge in [0.15, 0.2) is 0 Å². The molecule has 1 rings (SSSR count). The molecule has 0 aliphatic carbocycles. The van der Waals surface area contributed by atoms with Crippen LogP contribution in [0.1, 0.15) is 16.7 Å². The molecule has 1 atom stereocenters. The fourth-order valence-corrected chi connectivity index (χ4v) is 1.66. The zero-order chi connectivity index (χ0) is 10.7. The number of halogens is 1. The van der Waals surface area contributed by atoms with E-state index < -0.39 is 0 Å². The summed E-state index contributed by atoms with van der Waals surface area (Å²) in [7, 11) is 0. The van der Waals surface area contributed by atoms with Crippen molar-refractivity contribution < 1.29 is 4.79 Å². The molecule has 14 heavy (non-hydrogen) atoms. The van der Waals surface area contributed by atoms with E-state index in [-0.39, 0.29) is 10.7 Å². The van der Waals surface area contributed by atoms with Crippen molar-refractivity contribution >= 4 is 21.8 Å². The molecule has 0 radical (unpaired) electrons. The smallest absolute Gasteiger partial charge is 0.231 e. The van der Waals surface area contributed by atoms with Crippen LogP contribution in [0.5, 0.6) is 0 Å². The van der Waals surface area contributed by atoms with Crippen molar-refractivity contribution in [3.63, 3.8) is 0 Å². The summed E-state index contributed by atoms with van der Waals surface area (Å²) in [5.74, 6) is -0.314. The molecule has 0 fully saturated rings. The summed E-state index contributed by atoms with van der Waals surface area (Å²) >= 11 is 3.26. The summed E-state index contributed by atoms with van der Waals surface area (Å²) < 4.78 is 0. The predicted octanol–water partition coefficient (Wildman–Crippen LogP) is 2.09. The van der Waals surface area contributed by atoms with Gasteiger partial charge >= 0.3 is 0 Å². The number of rotatable bonds is 3. The minimum Gasteiger partial charge on any atom is -0.369 e. The Morgan fingerprint density at radius 1 is 1.50 bits per heavy atom. The van der Waals surface area contributed by atoms with Crippen LogP contribution in [0, 0.1) is 13.8 Å². The van der Waals surface area contributed by atoms with Crippen molar-refractivity contribution in [2.75, 3.05) is 0 Å². The average molecular weight is 256 g/mol. The van der Waals surface area contributed by atoms with E-state index in [4.69, 9.17) is 5.73 Å². The Labute approximate surface area is 92.6 Å². The van der Waals surface area contributed by atoms with Gasteiger partial charge in [0.2, 0.25) is 5.91 Å². The molecule has 1 amide bonds. The molecule has 2 nitrogen and oxygen atoms in total.